The summed E-state index contributed by atoms with van der Waals surface area (Å²) in [6.07, 6.45) is 2.20. The monoisotopic (exact) mass is 2010 g/mol. The van der Waals surface area contributed by atoms with Gasteiger partial charge in [-0.25, -0.2) is 0 Å². The number of para-hydroxylation sites is 2. The van der Waals surface area contributed by atoms with E-state index in [4.69, 9.17) is 39.8 Å². The van der Waals surface area contributed by atoms with Crippen LogP contribution in [0.2, 0.25) is 0 Å². The molecule has 0 aliphatic carbocycles. The largest absolute Gasteiger partial charge is 0.508 e. The van der Waals surface area contributed by atoms with Crippen molar-refractivity contribution in [3.8, 4) is 11.5 Å². The number of H-pyrrole nitrogens is 2. The number of aromatic nitrogens is 2. The molecular weight excluding hydrogens is 1880 g/mol. The van der Waals surface area contributed by atoms with Crippen LogP contribution >= 0.6 is 0 Å². The van der Waals surface area contributed by atoms with Crippen LogP contribution < -0.4 is 119 Å². The van der Waals surface area contributed by atoms with Gasteiger partial charge < -0.3 is 145 Å². The average molecular weight is 2020 g/mol. The fourth-order valence-electron chi connectivity index (χ4n) is 15.8. The number of nitrogens with two attached hydrogens (primary N) is 6. The van der Waals surface area contributed by atoms with Crippen molar-refractivity contribution in [2.75, 3.05) is 26.2 Å². The highest BCUT2D eigenvalue weighted by atomic mass is 16.3. The van der Waals surface area contributed by atoms with E-state index >= 15 is 33.6 Å². The minimum Gasteiger partial charge on any atom is -0.508 e. The summed E-state index contributed by atoms with van der Waals surface area (Å²) in [4.78, 5) is 261. The lowest BCUT2D eigenvalue weighted by Crippen LogP contribution is -2.62. The molecule has 0 saturated heterocycles. The number of amides is 18. The lowest BCUT2D eigenvalue weighted by atomic mass is 9.96. The van der Waals surface area contributed by atoms with Crippen molar-refractivity contribution in [2.45, 2.75) is 255 Å². The van der Waals surface area contributed by atoms with Gasteiger partial charge in [0.05, 0.1) is 13.0 Å². The molecule has 0 unspecified atom stereocenters. The number of carbonyl (C=O) groups is 18. The summed E-state index contributed by atoms with van der Waals surface area (Å²) in [7, 11) is 0. The molecule has 145 heavy (non-hydrogen) atoms. The summed E-state index contributed by atoms with van der Waals surface area (Å²) in [5.41, 5.74) is 36.9. The van der Waals surface area contributed by atoms with Crippen molar-refractivity contribution < 1.29 is 102 Å². The van der Waals surface area contributed by atoms with E-state index in [0.717, 1.165) is 0 Å². The van der Waals surface area contributed by atoms with Crippen molar-refractivity contribution in [3.63, 3.8) is 0 Å². The van der Waals surface area contributed by atoms with Crippen LogP contribution in [-0.2, 0) is 118 Å². The van der Waals surface area contributed by atoms with E-state index in [2.05, 4.69) is 95.0 Å². The molecule has 5 aromatic carbocycles. The van der Waals surface area contributed by atoms with Gasteiger partial charge in [-0.05, 0) is 161 Å². The van der Waals surface area contributed by atoms with Crippen molar-refractivity contribution in [2.24, 2.45) is 46.2 Å². The SMILES string of the molecule is CC[C@H](C)[C@H](NC(=O)[C@H](CCCCN)NC(=O)[C@H](Cc1ccc(O)cc1)NC(=O)[C@H](Cc1c[nH]c2ccccc12)NC(=O)[C@H](C)NC(=O)[C@@H](NC(=O)[C@H](Cc1c[nH]c2ccccc12)NC(=O)[C@H](Cc1ccccc1)NC(=O)[C@H](Cc1ccc(O)cc1)NC(=O)[C@H](CCC(N)=O)NC(=O)[C@H](CCCNC(=N)N)NC(C)=O)[C@@H](C)CC)C(=O)N[C@@H](C)C(=O)N[C@@H](CO)C(=O)N[C@@H](CC(N)=O)C(=O)N[C@@H](CCCCN)C(N)=O. The van der Waals surface area contributed by atoms with Crippen LogP contribution in [0.1, 0.15) is 160 Å². The number of carbonyl (C=O) groups excluding carboxylic acids is 18. The molecule has 0 aliphatic rings. The number of aliphatic hydroxyl groups excluding tert-OH is 1. The molecule has 0 bridgehead atoms. The molecule has 786 valence electrons. The van der Waals surface area contributed by atoms with Gasteiger partial charge in [0.2, 0.25) is 106 Å². The fourth-order valence-corrected chi connectivity index (χ4v) is 15.8. The minimum atomic E-state index is -1.82. The summed E-state index contributed by atoms with van der Waals surface area (Å²) < 4.78 is 0. The Morgan fingerprint density at radius 1 is 0.345 bits per heavy atom. The number of hydrogen-bond acceptors (Lipinski definition) is 24. The number of hydrogen-bond donors (Lipinski definition) is 28. The van der Waals surface area contributed by atoms with Gasteiger partial charge in [0.15, 0.2) is 5.96 Å². The number of fused-ring (bicyclic) bond motifs is 2. The third-order valence-electron chi connectivity index (χ3n) is 24.5. The number of guanidine groups is 1. The second kappa shape index (κ2) is 58.7. The Bertz CT molecular complexity index is 5610. The Kier molecular flexibility index (Phi) is 47.1. The molecule has 0 spiro atoms. The zero-order valence-electron chi connectivity index (χ0n) is 82.3. The van der Waals surface area contributed by atoms with E-state index in [9.17, 15) is 68.1 Å². The second-order valence-electron chi connectivity index (χ2n) is 35.9. The van der Waals surface area contributed by atoms with E-state index in [0.29, 0.717) is 68.9 Å². The van der Waals surface area contributed by atoms with Gasteiger partial charge in [-0.1, -0.05) is 132 Å². The molecule has 46 heteroatoms. The van der Waals surface area contributed by atoms with Gasteiger partial charge >= 0.3 is 0 Å². The third kappa shape index (κ3) is 38.0. The maximum absolute atomic E-state index is 15.5. The first kappa shape index (κ1) is 116. The summed E-state index contributed by atoms with van der Waals surface area (Å²) >= 11 is 0. The van der Waals surface area contributed by atoms with E-state index in [1.807, 2.05) is 0 Å². The Hall–Kier alpha value is -15.6. The van der Waals surface area contributed by atoms with Gasteiger partial charge in [-0.2, -0.15) is 0 Å². The van der Waals surface area contributed by atoms with Gasteiger partial charge in [0.1, 0.15) is 102 Å². The molecule has 18 amide bonds. The molecule has 17 atom stereocenters. The predicted molar refractivity (Wildman–Crippen MR) is 536 cm³/mol. The predicted octanol–water partition coefficient (Wildman–Crippen LogP) is -2.86. The van der Waals surface area contributed by atoms with Crippen LogP contribution in [0.15, 0.2) is 140 Å². The molecule has 46 nitrogen and oxygen atoms in total. The highest BCUT2D eigenvalue weighted by Gasteiger charge is 2.41. The second-order valence-corrected chi connectivity index (χ2v) is 35.9. The van der Waals surface area contributed by atoms with Crippen molar-refractivity contribution in [1.82, 2.24) is 95.0 Å². The molecule has 7 aromatic rings. The number of phenolic OH excluding ortho intramolecular Hbond substituents is 2. The first-order chi connectivity index (χ1) is 69.0. The summed E-state index contributed by atoms with van der Waals surface area (Å²) in [5.74, 6) is -19.2. The van der Waals surface area contributed by atoms with Crippen molar-refractivity contribution in [3.05, 3.63) is 168 Å². The van der Waals surface area contributed by atoms with E-state index in [1.165, 1.54) is 69.3 Å². The number of unbranched alkanes of at least 4 members (excludes halogenated alkanes) is 2. The van der Waals surface area contributed by atoms with Crippen LogP contribution in [0.3, 0.4) is 0 Å². The van der Waals surface area contributed by atoms with E-state index in [-0.39, 0.29) is 114 Å². The van der Waals surface area contributed by atoms with Crippen LogP contribution in [0.25, 0.3) is 21.8 Å². The number of phenols is 2. The Labute approximate surface area is 838 Å². The van der Waals surface area contributed by atoms with Crippen LogP contribution in [0.5, 0.6) is 11.5 Å². The molecule has 0 fully saturated rings. The maximum Gasteiger partial charge on any atom is 0.245 e. The van der Waals surface area contributed by atoms with Crippen LogP contribution in [-0.4, -0.2) is 254 Å². The standard InChI is InChI=1S/C99H139N25O21/c1-8-53(3)82(97(144)111-56(6)86(133)122-79(52-125)96(143)121-78(49-81(103)130)94(141)113-69(84(104)131)28-17-19-41-100)123-89(136)71(29-18-20-42-101)114-90(137)74(45-59-31-35-63(127)36-32-59)119-93(140)76(47-61-50-108-67-26-15-13-24-65(61)67)116-85(132)55(5)110-98(145)83(54(4)9-2)124-95(142)77(48-62-51-109-68-27-16-14-25-66(62)68)120-92(139)73(44-58-22-11-10-12-23-58)118-91(138)75(46-60-33-37-64(128)38-34-60)117-88(135)72(39-40-80(102)129)115-87(134)70(112-57(7)126)30-21-43-107-99(105)106/h10-16,22-27,31-38,50-51,53-56,69-79,82-83,108-109,125,127-128H,8-9,17-21,28-30,39-49,52,100-101H2,1-7H3,(H2,102,129)(H2,103,130)(H2,104,131)(H,110,145)(H,111,144)(H,112,126)(H,113,141)(H,114,137)(H,115,134)(H,116,132)(H,117,135)(H,118,138)(H,119,140)(H,120,139)(H,121,143)(H,122,133)(H,123,136)(H,124,142)(H4,105,106,107)/t53-,54-,55-,56-,69-,70-,71-,72-,73-,74-,75-,76-,77-,78-,79-,82-,83-/m0/s1. The molecule has 0 saturated carbocycles. The molecule has 2 aromatic heterocycles. The van der Waals surface area contributed by atoms with Gasteiger partial charge in [-0.3, -0.25) is 91.7 Å². The third-order valence-corrected chi connectivity index (χ3v) is 24.5. The van der Waals surface area contributed by atoms with Crippen LogP contribution in [0.4, 0.5) is 0 Å². The quantitative estimate of drug-likeness (QED) is 0.0104. The van der Waals surface area contributed by atoms with Gasteiger partial charge in [-0.15, -0.1) is 0 Å². The number of primary amides is 3. The molecule has 0 aliphatic heterocycles. The average Bonchev–Trinajstić information content (AvgIpc) is 1.68. The number of nitrogens with one attached hydrogen (secondary N) is 19. The van der Waals surface area contributed by atoms with Crippen LogP contribution in [0, 0.1) is 17.2 Å². The Balaban J connectivity index is 1.15. The lowest BCUT2D eigenvalue weighted by molar-refractivity contribution is -0.137. The maximum atomic E-state index is 15.5. The van der Waals surface area contributed by atoms with Gasteiger partial charge in [0, 0.05) is 86.2 Å². The number of benzene rings is 5. The first-order valence-corrected chi connectivity index (χ1v) is 48.2. The topological polar surface area (TPSA) is 772 Å². The summed E-state index contributed by atoms with van der Waals surface area (Å²) in [6, 6.07) is 10.6. The number of aliphatic hydroxyl groups is 1. The number of aromatic amines is 2. The molecular formula is C99H139N25O21. The Morgan fingerprint density at radius 2 is 0.676 bits per heavy atom. The molecule has 0 radical (unpaired) electrons. The van der Waals surface area contributed by atoms with Crippen molar-refractivity contribution in [1.29, 1.82) is 5.41 Å². The highest BCUT2D eigenvalue weighted by molar-refractivity contribution is 6.02. The normalized spacial score (nSPS) is 14.7. The van der Waals surface area contributed by atoms with Crippen molar-refractivity contribution >= 4 is 134 Å². The Morgan fingerprint density at radius 3 is 1.08 bits per heavy atom. The van der Waals surface area contributed by atoms with E-state index in [1.54, 1.807) is 119 Å². The molecule has 2 heterocycles. The summed E-state index contributed by atoms with van der Waals surface area (Å²) in [5, 5.41) is 81.7. The highest BCUT2D eigenvalue weighted by Crippen LogP contribution is 2.25. The fraction of sp³-hybridized carbons (Fsp3) is 0.465. The van der Waals surface area contributed by atoms with E-state index < -0.39 is 235 Å². The summed E-state index contributed by atoms with van der Waals surface area (Å²) in [6.45, 7) is 9.88. The van der Waals surface area contributed by atoms with Gasteiger partial charge in [0.25, 0.3) is 0 Å². The number of aromatic hydroxyl groups is 2. The molecule has 7 rings (SSSR count). The first-order valence-electron chi connectivity index (χ1n) is 48.2. The zero-order chi connectivity index (χ0) is 107. The number of rotatable bonds is 62. The zero-order valence-corrected chi connectivity index (χ0v) is 82.3. The smallest absolute Gasteiger partial charge is 0.245 e. The molecule has 34 N–H and O–H groups in total. The minimum absolute atomic E-state index is 0.0113. The lowest BCUT2D eigenvalue weighted by Gasteiger charge is -2.30.